The third kappa shape index (κ3) is 2.72. The smallest absolute Gasteiger partial charge is 0.256 e. The number of amides is 1. The minimum atomic E-state index is -0.316. The van der Waals surface area contributed by atoms with Gasteiger partial charge in [0.25, 0.3) is 5.91 Å². The van der Waals surface area contributed by atoms with E-state index in [2.05, 4.69) is 10.3 Å². The second kappa shape index (κ2) is 6.27. The molecule has 0 unspecified atom stereocenters. The van der Waals surface area contributed by atoms with Gasteiger partial charge in [-0.2, -0.15) is 0 Å². The van der Waals surface area contributed by atoms with Crippen LogP contribution in [0.25, 0.3) is 10.8 Å². The average molecular weight is 377 g/mol. The van der Waals surface area contributed by atoms with Crippen LogP contribution in [0.3, 0.4) is 0 Å². The SMILES string of the molecule is Cc1cccc2c(Nc3cccc(F)c3)ncc(C(=O)N3CC4(COC4)C3)c12. The number of anilines is 2. The molecule has 2 saturated heterocycles. The van der Waals surface area contributed by atoms with Gasteiger partial charge >= 0.3 is 0 Å². The summed E-state index contributed by atoms with van der Waals surface area (Å²) in [6, 6.07) is 12.1. The van der Waals surface area contributed by atoms with Gasteiger partial charge in [-0.15, -0.1) is 0 Å². The summed E-state index contributed by atoms with van der Waals surface area (Å²) >= 11 is 0. The van der Waals surface area contributed by atoms with Crippen molar-refractivity contribution in [1.82, 2.24) is 9.88 Å². The molecule has 0 bridgehead atoms. The zero-order valence-corrected chi connectivity index (χ0v) is 15.5. The molecule has 2 aromatic carbocycles. The maximum atomic E-state index is 13.5. The van der Waals surface area contributed by atoms with E-state index in [1.165, 1.54) is 12.1 Å². The van der Waals surface area contributed by atoms with E-state index >= 15 is 0 Å². The molecule has 142 valence electrons. The van der Waals surface area contributed by atoms with E-state index in [4.69, 9.17) is 4.74 Å². The lowest BCUT2D eigenvalue weighted by Gasteiger charge is -2.54. The molecule has 1 amide bonds. The predicted molar refractivity (Wildman–Crippen MR) is 105 cm³/mol. The molecule has 1 spiro atoms. The van der Waals surface area contributed by atoms with Crippen molar-refractivity contribution in [1.29, 1.82) is 0 Å². The number of pyridine rings is 1. The van der Waals surface area contributed by atoms with Gasteiger partial charge in [0.15, 0.2) is 0 Å². The Hall–Kier alpha value is -2.99. The van der Waals surface area contributed by atoms with Gasteiger partial charge < -0.3 is 15.0 Å². The first kappa shape index (κ1) is 17.1. The lowest BCUT2D eigenvalue weighted by atomic mass is 9.77. The summed E-state index contributed by atoms with van der Waals surface area (Å²) in [5, 5.41) is 4.90. The van der Waals surface area contributed by atoms with Crippen LogP contribution in [0.2, 0.25) is 0 Å². The molecule has 0 atom stereocenters. The van der Waals surface area contributed by atoms with Crippen LogP contribution in [0.5, 0.6) is 0 Å². The topological polar surface area (TPSA) is 54.5 Å². The molecule has 28 heavy (non-hydrogen) atoms. The quantitative estimate of drug-likeness (QED) is 0.752. The summed E-state index contributed by atoms with van der Waals surface area (Å²) in [7, 11) is 0. The first-order valence-electron chi connectivity index (χ1n) is 9.33. The number of ether oxygens (including phenoxy) is 1. The van der Waals surface area contributed by atoms with Crippen molar-refractivity contribution in [3.8, 4) is 0 Å². The van der Waals surface area contributed by atoms with Crippen molar-refractivity contribution in [2.24, 2.45) is 5.41 Å². The van der Waals surface area contributed by atoms with Gasteiger partial charge in [0.2, 0.25) is 0 Å². The Balaban J connectivity index is 1.52. The number of nitrogens with zero attached hydrogens (tertiary/aromatic N) is 2. The summed E-state index contributed by atoms with van der Waals surface area (Å²) in [5.74, 6) is 0.291. The third-order valence-corrected chi connectivity index (χ3v) is 5.59. The van der Waals surface area contributed by atoms with Gasteiger partial charge in [0.05, 0.1) is 24.2 Å². The van der Waals surface area contributed by atoms with Crippen LogP contribution in [0, 0.1) is 18.2 Å². The van der Waals surface area contributed by atoms with Gasteiger partial charge in [0.1, 0.15) is 11.6 Å². The number of hydrogen-bond donors (Lipinski definition) is 1. The van der Waals surface area contributed by atoms with Crippen LogP contribution >= 0.6 is 0 Å². The Kier molecular flexibility index (Phi) is 3.84. The van der Waals surface area contributed by atoms with E-state index in [1.807, 2.05) is 30.0 Å². The van der Waals surface area contributed by atoms with Crippen molar-refractivity contribution in [2.75, 3.05) is 31.6 Å². The molecule has 0 aliphatic carbocycles. The van der Waals surface area contributed by atoms with E-state index in [9.17, 15) is 9.18 Å². The average Bonchev–Trinajstić information content (AvgIpc) is 2.60. The maximum Gasteiger partial charge on any atom is 0.256 e. The molecular weight excluding hydrogens is 357 g/mol. The predicted octanol–water partition coefficient (Wildman–Crippen LogP) is 3.90. The summed E-state index contributed by atoms with van der Waals surface area (Å²) in [6.45, 7) is 4.95. The Morgan fingerprint density at radius 3 is 2.71 bits per heavy atom. The fraction of sp³-hybridized carbons (Fsp3) is 0.273. The number of carbonyl (C=O) groups is 1. The number of likely N-dealkylation sites (tertiary alicyclic amines) is 1. The zero-order valence-electron chi connectivity index (χ0n) is 15.5. The molecule has 0 radical (unpaired) electrons. The Morgan fingerprint density at radius 2 is 2.00 bits per heavy atom. The van der Waals surface area contributed by atoms with Crippen molar-refractivity contribution < 1.29 is 13.9 Å². The van der Waals surface area contributed by atoms with Crippen LogP contribution in [0.15, 0.2) is 48.7 Å². The molecule has 3 aromatic rings. The van der Waals surface area contributed by atoms with Gasteiger partial charge in [-0.1, -0.05) is 24.3 Å². The standard InChI is InChI=1S/C22H20FN3O2/c1-14-4-2-7-17-19(14)18(21(27)26-10-22(11-26)12-28-13-22)9-24-20(17)25-16-6-3-5-15(23)8-16/h2-9H,10-13H2,1H3,(H,24,25). The number of halogens is 1. The molecular formula is C22H20FN3O2. The van der Waals surface area contributed by atoms with Crippen molar-refractivity contribution in [3.63, 3.8) is 0 Å². The normalized spacial score (nSPS) is 17.3. The number of rotatable bonds is 3. The van der Waals surface area contributed by atoms with Gasteiger partial charge in [-0.3, -0.25) is 4.79 Å². The van der Waals surface area contributed by atoms with E-state index in [-0.39, 0.29) is 17.1 Å². The molecule has 2 aliphatic rings. The van der Waals surface area contributed by atoms with Crippen molar-refractivity contribution in [3.05, 3.63) is 65.6 Å². The maximum absolute atomic E-state index is 13.5. The Morgan fingerprint density at radius 1 is 1.21 bits per heavy atom. The Bertz CT molecular complexity index is 1090. The second-order valence-corrected chi connectivity index (χ2v) is 7.81. The number of fused-ring (bicyclic) bond motifs is 1. The number of aromatic nitrogens is 1. The molecule has 3 heterocycles. The highest BCUT2D eigenvalue weighted by Gasteiger charge is 2.50. The van der Waals surface area contributed by atoms with Crippen LogP contribution in [0.4, 0.5) is 15.9 Å². The summed E-state index contributed by atoms with van der Waals surface area (Å²) in [5.41, 5.74) is 2.40. The first-order valence-corrected chi connectivity index (χ1v) is 9.33. The fourth-order valence-corrected chi connectivity index (χ4v) is 4.10. The number of carbonyl (C=O) groups excluding carboxylic acids is 1. The number of benzene rings is 2. The highest BCUT2D eigenvalue weighted by Crippen LogP contribution is 2.39. The molecule has 2 fully saturated rings. The highest BCUT2D eigenvalue weighted by molar-refractivity contribution is 6.11. The Labute approximate surface area is 162 Å². The third-order valence-electron chi connectivity index (χ3n) is 5.59. The van der Waals surface area contributed by atoms with E-state index in [1.54, 1.807) is 18.3 Å². The minimum absolute atomic E-state index is 0.00151. The molecule has 2 aliphatic heterocycles. The number of aryl methyl sites for hydroxylation is 1. The fourth-order valence-electron chi connectivity index (χ4n) is 4.10. The van der Waals surface area contributed by atoms with E-state index in [0.29, 0.717) is 17.1 Å². The summed E-state index contributed by atoms with van der Waals surface area (Å²) in [4.78, 5) is 19.5. The molecule has 1 N–H and O–H groups in total. The zero-order chi connectivity index (χ0) is 19.3. The van der Waals surface area contributed by atoms with Crippen LogP contribution < -0.4 is 5.32 Å². The number of nitrogens with one attached hydrogen (secondary N) is 1. The number of hydrogen-bond acceptors (Lipinski definition) is 4. The van der Waals surface area contributed by atoms with Crippen LogP contribution in [-0.4, -0.2) is 42.1 Å². The van der Waals surface area contributed by atoms with Gasteiger partial charge in [-0.05, 0) is 30.7 Å². The minimum Gasteiger partial charge on any atom is -0.380 e. The summed E-state index contributed by atoms with van der Waals surface area (Å²) in [6.07, 6.45) is 1.63. The molecule has 5 nitrogen and oxygen atoms in total. The van der Waals surface area contributed by atoms with Crippen LogP contribution in [0.1, 0.15) is 15.9 Å². The van der Waals surface area contributed by atoms with Gasteiger partial charge in [-0.25, -0.2) is 9.37 Å². The van der Waals surface area contributed by atoms with E-state index in [0.717, 1.165) is 42.6 Å². The monoisotopic (exact) mass is 377 g/mol. The van der Waals surface area contributed by atoms with Gasteiger partial charge in [0, 0.05) is 35.7 Å². The van der Waals surface area contributed by atoms with E-state index < -0.39 is 0 Å². The largest absolute Gasteiger partial charge is 0.380 e. The van der Waals surface area contributed by atoms with Crippen LogP contribution in [-0.2, 0) is 4.74 Å². The van der Waals surface area contributed by atoms with Crippen molar-refractivity contribution in [2.45, 2.75) is 6.92 Å². The van der Waals surface area contributed by atoms with Crippen molar-refractivity contribution >= 4 is 28.2 Å². The molecule has 6 heteroatoms. The first-order chi connectivity index (χ1) is 13.5. The molecule has 0 saturated carbocycles. The highest BCUT2D eigenvalue weighted by atomic mass is 19.1. The lowest BCUT2D eigenvalue weighted by Crippen LogP contribution is -2.67. The molecule has 5 rings (SSSR count). The molecule has 1 aromatic heterocycles. The summed E-state index contributed by atoms with van der Waals surface area (Å²) < 4.78 is 18.8. The second-order valence-electron chi connectivity index (χ2n) is 7.81. The lowest BCUT2D eigenvalue weighted by molar-refractivity contribution is -0.176.